The number of benzene rings is 1. The van der Waals surface area contributed by atoms with Crippen molar-refractivity contribution in [1.29, 1.82) is 0 Å². The molecule has 0 atom stereocenters. The molecule has 0 unspecified atom stereocenters. The van der Waals surface area contributed by atoms with Crippen LogP contribution in [0.3, 0.4) is 0 Å². The van der Waals surface area contributed by atoms with Crippen molar-refractivity contribution < 1.29 is 18.0 Å². The lowest BCUT2D eigenvalue weighted by Crippen LogP contribution is -2.44. The highest BCUT2D eigenvalue weighted by atomic mass is 32.1. The maximum atomic E-state index is 12.5. The van der Waals surface area contributed by atoms with Gasteiger partial charge < -0.3 is 11.1 Å². The zero-order valence-electron chi connectivity index (χ0n) is 11.0. The van der Waals surface area contributed by atoms with Crippen LogP contribution in [-0.2, 0) is 17.5 Å². The standard InChI is InChI=1S/C13H15F3N2OS/c1-12(2,10(17)20)11(19)18-7-8-4-3-5-9(6-8)13(14,15)16/h3-6H,7H2,1-2H3,(H2,17,20)(H,18,19). The van der Waals surface area contributed by atoms with Gasteiger partial charge in [-0.05, 0) is 31.5 Å². The molecule has 1 rings (SSSR count). The largest absolute Gasteiger partial charge is 0.416 e. The summed E-state index contributed by atoms with van der Waals surface area (Å²) in [5.41, 5.74) is 4.00. The number of halogens is 3. The summed E-state index contributed by atoms with van der Waals surface area (Å²) in [6, 6.07) is 4.77. The van der Waals surface area contributed by atoms with Crippen LogP contribution in [0, 0.1) is 5.41 Å². The average molecular weight is 304 g/mol. The number of amides is 1. The van der Waals surface area contributed by atoms with E-state index in [9.17, 15) is 18.0 Å². The lowest BCUT2D eigenvalue weighted by atomic mass is 9.92. The van der Waals surface area contributed by atoms with Gasteiger partial charge in [-0.1, -0.05) is 24.4 Å². The second-order valence-corrected chi connectivity index (χ2v) is 5.31. The van der Waals surface area contributed by atoms with Crippen LogP contribution in [0.2, 0.25) is 0 Å². The van der Waals surface area contributed by atoms with Crippen molar-refractivity contribution in [2.45, 2.75) is 26.6 Å². The Balaban J connectivity index is 2.77. The third-order valence-electron chi connectivity index (χ3n) is 2.89. The second-order valence-electron chi connectivity index (χ2n) is 4.87. The molecule has 0 aliphatic carbocycles. The third-order valence-corrected chi connectivity index (χ3v) is 3.40. The molecule has 3 nitrogen and oxygen atoms in total. The fourth-order valence-corrected chi connectivity index (χ4v) is 1.47. The Labute approximate surface area is 120 Å². The van der Waals surface area contributed by atoms with Gasteiger partial charge in [-0.15, -0.1) is 0 Å². The van der Waals surface area contributed by atoms with E-state index in [-0.39, 0.29) is 11.5 Å². The molecule has 7 heteroatoms. The van der Waals surface area contributed by atoms with Gasteiger partial charge in [-0.2, -0.15) is 13.2 Å². The number of rotatable bonds is 4. The average Bonchev–Trinajstić information content (AvgIpc) is 2.35. The fraction of sp³-hybridized carbons (Fsp3) is 0.385. The molecule has 0 radical (unpaired) electrons. The minimum Gasteiger partial charge on any atom is -0.392 e. The summed E-state index contributed by atoms with van der Waals surface area (Å²) in [5.74, 6) is -0.428. The highest BCUT2D eigenvalue weighted by molar-refractivity contribution is 7.80. The van der Waals surface area contributed by atoms with Crippen LogP contribution in [0.25, 0.3) is 0 Å². The summed E-state index contributed by atoms with van der Waals surface area (Å²) in [6.07, 6.45) is -4.40. The second kappa shape index (κ2) is 5.78. The van der Waals surface area contributed by atoms with Crippen molar-refractivity contribution >= 4 is 23.1 Å². The van der Waals surface area contributed by atoms with E-state index in [0.717, 1.165) is 12.1 Å². The number of nitrogens with one attached hydrogen (secondary N) is 1. The van der Waals surface area contributed by atoms with Gasteiger partial charge >= 0.3 is 6.18 Å². The number of nitrogens with two attached hydrogens (primary N) is 1. The third kappa shape index (κ3) is 3.93. The summed E-state index contributed by atoms with van der Waals surface area (Å²) >= 11 is 4.78. The zero-order valence-corrected chi connectivity index (χ0v) is 11.9. The minimum absolute atomic E-state index is 0.0191. The summed E-state index contributed by atoms with van der Waals surface area (Å²) < 4.78 is 37.6. The Hall–Kier alpha value is -1.63. The summed E-state index contributed by atoms with van der Waals surface area (Å²) in [5, 5.41) is 2.53. The van der Waals surface area contributed by atoms with Gasteiger partial charge in [0.2, 0.25) is 5.91 Å². The van der Waals surface area contributed by atoms with E-state index in [1.807, 2.05) is 0 Å². The number of alkyl halides is 3. The summed E-state index contributed by atoms with van der Waals surface area (Å²) in [6.45, 7) is 3.09. The SMILES string of the molecule is CC(C)(C(=O)NCc1cccc(C(F)(F)F)c1)C(N)=S. The predicted octanol–water partition coefficient (Wildman–Crippen LogP) is 2.63. The highest BCUT2D eigenvalue weighted by Crippen LogP contribution is 2.29. The molecular weight excluding hydrogens is 289 g/mol. The molecule has 0 bridgehead atoms. The van der Waals surface area contributed by atoms with E-state index in [1.54, 1.807) is 13.8 Å². The molecular formula is C13H15F3N2OS. The van der Waals surface area contributed by atoms with E-state index < -0.39 is 23.1 Å². The van der Waals surface area contributed by atoms with E-state index >= 15 is 0 Å². The zero-order chi connectivity index (χ0) is 15.6. The highest BCUT2D eigenvalue weighted by Gasteiger charge is 2.32. The summed E-state index contributed by atoms with van der Waals surface area (Å²) in [4.78, 5) is 11.9. The van der Waals surface area contributed by atoms with Gasteiger partial charge in [0, 0.05) is 6.54 Å². The molecule has 20 heavy (non-hydrogen) atoms. The van der Waals surface area contributed by atoms with Crippen LogP contribution in [0.15, 0.2) is 24.3 Å². The first-order chi connectivity index (χ1) is 9.05. The molecule has 1 aromatic carbocycles. The van der Waals surface area contributed by atoms with Gasteiger partial charge in [0.1, 0.15) is 0 Å². The maximum Gasteiger partial charge on any atom is 0.416 e. The van der Waals surface area contributed by atoms with Crippen molar-refractivity contribution in [3.05, 3.63) is 35.4 Å². The van der Waals surface area contributed by atoms with Gasteiger partial charge in [0.25, 0.3) is 0 Å². The molecule has 110 valence electrons. The van der Waals surface area contributed by atoms with Gasteiger partial charge in [0.05, 0.1) is 16.0 Å². The number of hydrogen-bond acceptors (Lipinski definition) is 2. The monoisotopic (exact) mass is 304 g/mol. The number of hydrogen-bond donors (Lipinski definition) is 2. The van der Waals surface area contributed by atoms with E-state index in [1.165, 1.54) is 12.1 Å². The molecule has 0 saturated carbocycles. The molecule has 0 aliphatic heterocycles. The molecule has 0 fully saturated rings. The first-order valence-electron chi connectivity index (χ1n) is 5.79. The van der Waals surface area contributed by atoms with Crippen LogP contribution in [0.5, 0.6) is 0 Å². The van der Waals surface area contributed by atoms with Crippen molar-refractivity contribution in [3.63, 3.8) is 0 Å². The molecule has 3 N–H and O–H groups in total. The molecule has 1 aromatic rings. The molecule has 0 aliphatic rings. The molecule has 0 saturated heterocycles. The predicted molar refractivity (Wildman–Crippen MR) is 73.9 cm³/mol. The lowest BCUT2D eigenvalue weighted by molar-refractivity contribution is -0.137. The Morgan fingerprint density at radius 3 is 2.45 bits per heavy atom. The molecule has 1 amide bonds. The van der Waals surface area contributed by atoms with Crippen molar-refractivity contribution in [2.24, 2.45) is 11.1 Å². The van der Waals surface area contributed by atoms with Crippen LogP contribution in [0.1, 0.15) is 25.0 Å². The van der Waals surface area contributed by atoms with Crippen LogP contribution in [-0.4, -0.2) is 10.9 Å². The van der Waals surface area contributed by atoms with E-state index in [2.05, 4.69) is 5.32 Å². The van der Waals surface area contributed by atoms with Crippen LogP contribution < -0.4 is 11.1 Å². The lowest BCUT2D eigenvalue weighted by Gasteiger charge is -2.22. The smallest absolute Gasteiger partial charge is 0.392 e. The minimum atomic E-state index is -4.40. The molecule has 0 aromatic heterocycles. The van der Waals surface area contributed by atoms with Crippen LogP contribution in [0.4, 0.5) is 13.2 Å². The van der Waals surface area contributed by atoms with Gasteiger partial charge in [-0.3, -0.25) is 4.79 Å². The van der Waals surface area contributed by atoms with Crippen molar-refractivity contribution in [2.75, 3.05) is 0 Å². The van der Waals surface area contributed by atoms with Gasteiger partial charge in [-0.25, -0.2) is 0 Å². The fourth-order valence-electron chi connectivity index (χ4n) is 1.37. The summed E-state index contributed by atoms with van der Waals surface area (Å²) in [7, 11) is 0. The van der Waals surface area contributed by atoms with Crippen LogP contribution >= 0.6 is 12.2 Å². The molecule has 0 heterocycles. The number of carbonyl (C=O) groups is 1. The normalized spacial score (nSPS) is 12.1. The van der Waals surface area contributed by atoms with Crippen molar-refractivity contribution in [1.82, 2.24) is 5.32 Å². The Bertz CT molecular complexity index is 527. The van der Waals surface area contributed by atoms with E-state index in [4.69, 9.17) is 18.0 Å². The quantitative estimate of drug-likeness (QED) is 0.841. The number of thiocarbonyl (C=S) groups is 1. The van der Waals surface area contributed by atoms with E-state index in [0.29, 0.717) is 5.56 Å². The maximum absolute atomic E-state index is 12.5. The van der Waals surface area contributed by atoms with Crippen molar-refractivity contribution in [3.8, 4) is 0 Å². The topological polar surface area (TPSA) is 55.1 Å². The Morgan fingerprint density at radius 1 is 1.35 bits per heavy atom. The van der Waals surface area contributed by atoms with Gasteiger partial charge in [0.15, 0.2) is 0 Å². The molecule has 0 spiro atoms. The first kappa shape index (κ1) is 16.4. The first-order valence-corrected chi connectivity index (χ1v) is 6.20. The Morgan fingerprint density at radius 2 is 1.95 bits per heavy atom. The number of carbonyl (C=O) groups excluding carboxylic acids is 1. The Kier molecular flexibility index (Phi) is 4.75.